The molecule has 192 valence electrons. The second-order valence-electron chi connectivity index (χ2n) is 9.56. The number of carbonyl (C=O) groups excluding carboxylic acids is 2. The summed E-state index contributed by atoms with van der Waals surface area (Å²) in [6.07, 6.45) is 3.66. The highest BCUT2D eigenvalue weighted by Gasteiger charge is 2.33. The minimum absolute atomic E-state index is 0.130. The number of aryl methyl sites for hydroxylation is 1. The Balaban J connectivity index is 1.41. The van der Waals surface area contributed by atoms with E-state index in [1.807, 2.05) is 75.4 Å². The molecule has 0 bridgehead atoms. The summed E-state index contributed by atoms with van der Waals surface area (Å²) in [6, 6.07) is 19.2. The van der Waals surface area contributed by atoms with Crippen LogP contribution in [0.5, 0.6) is 0 Å². The monoisotopic (exact) mass is 508 g/mol. The number of imidazole rings is 1. The van der Waals surface area contributed by atoms with E-state index in [9.17, 15) is 9.59 Å². The third-order valence-electron chi connectivity index (χ3n) is 6.34. The first kappa shape index (κ1) is 25.0. The summed E-state index contributed by atoms with van der Waals surface area (Å²) < 4.78 is 7.49. The van der Waals surface area contributed by atoms with Crippen LogP contribution in [0.2, 0.25) is 0 Å². The molecule has 2 unspecified atom stereocenters. The highest BCUT2D eigenvalue weighted by atomic mass is 16.4. The first-order chi connectivity index (χ1) is 18.4. The normalized spacial score (nSPS) is 12.9. The number of para-hydroxylation sites is 2. The highest BCUT2D eigenvalue weighted by molar-refractivity contribution is 5.99. The van der Waals surface area contributed by atoms with Crippen molar-refractivity contribution in [1.82, 2.24) is 30.0 Å². The van der Waals surface area contributed by atoms with Gasteiger partial charge in [0.1, 0.15) is 0 Å². The molecular weight excluding hydrogens is 480 g/mol. The average molecular weight is 509 g/mol. The third-order valence-corrected chi connectivity index (χ3v) is 6.34. The van der Waals surface area contributed by atoms with E-state index in [1.165, 1.54) is 0 Å². The van der Waals surface area contributed by atoms with Gasteiger partial charge in [-0.2, -0.15) is 0 Å². The van der Waals surface area contributed by atoms with Gasteiger partial charge in [0.05, 0.1) is 35.5 Å². The number of amides is 1. The van der Waals surface area contributed by atoms with Crippen molar-refractivity contribution < 1.29 is 14.0 Å². The highest BCUT2D eigenvalue weighted by Crippen LogP contribution is 2.24. The Morgan fingerprint density at radius 2 is 1.79 bits per heavy atom. The fourth-order valence-electron chi connectivity index (χ4n) is 4.45. The number of nitrogens with one attached hydrogen (secondary N) is 1. The molecule has 1 N–H and O–H groups in total. The first-order valence-electron chi connectivity index (χ1n) is 12.5. The molecule has 9 nitrogen and oxygen atoms in total. The summed E-state index contributed by atoms with van der Waals surface area (Å²) in [5.74, 6) is -0.856. The number of hydrogen-bond donors (Lipinski definition) is 1. The number of rotatable bonds is 9. The van der Waals surface area contributed by atoms with Crippen LogP contribution in [0.3, 0.4) is 0 Å². The zero-order valence-electron chi connectivity index (χ0n) is 21.4. The van der Waals surface area contributed by atoms with Crippen LogP contribution in [0.25, 0.3) is 11.0 Å². The van der Waals surface area contributed by atoms with E-state index in [4.69, 9.17) is 4.42 Å². The Bertz CT molecular complexity index is 1570. The van der Waals surface area contributed by atoms with Crippen molar-refractivity contribution in [2.45, 2.75) is 39.3 Å². The van der Waals surface area contributed by atoms with Crippen molar-refractivity contribution in [2.24, 2.45) is 5.92 Å². The zero-order chi connectivity index (χ0) is 26.6. The molecule has 0 saturated carbocycles. The van der Waals surface area contributed by atoms with Crippen LogP contribution in [0.4, 0.5) is 0 Å². The average Bonchev–Trinajstić information content (AvgIpc) is 3.55. The molecule has 9 heteroatoms. The molecule has 3 aromatic heterocycles. The summed E-state index contributed by atoms with van der Waals surface area (Å²) in [7, 11) is 0. The van der Waals surface area contributed by atoms with Crippen LogP contribution in [0.1, 0.15) is 53.3 Å². The Hall–Kier alpha value is -4.66. The molecule has 3 heterocycles. The van der Waals surface area contributed by atoms with Gasteiger partial charge >= 0.3 is 0 Å². The van der Waals surface area contributed by atoms with Crippen molar-refractivity contribution in [2.75, 3.05) is 0 Å². The Morgan fingerprint density at radius 3 is 2.55 bits per heavy atom. The van der Waals surface area contributed by atoms with E-state index in [0.29, 0.717) is 18.0 Å². The SMILES string of the molecule is Cc1cccc(Cc2nnc(C(=O)C(NC(=O)C(c3ccccn3)n3cnc4ccccc43)C(C)C)o2)c1. The van der Waals surface area contributed by atoms with E-state index in [-0.39, 0.29) is 11.8 Å². The lowest BCUT2D eigenvalue weighted by Crippen LogP contribution is -2.47. The van der Waals surface area contributed by atoms with Crippen molar-refractivity contribution in [1.29, 1.82) is 0 Å². The van der Waals surface area contributed by atoms with Crippen molar-refractivity contribution in [3.63, 3.8) is 0 Å². The molecule has 2 aromatic carbocycles. The number of aromatic nitrogens is 5. The van der Waals surface area contributed by atoms with Gasteiger partial charge in [0.25, 0.3) is 5.89 Å². The van der Waals surface area contributed by atoms with Gasteiger partial charge in [-0.3, -0.25) is 14.6 Å². The lowest BCUT2D eigenvalue weighted by Gasteiger charge is -2.24. The van der Waals surface area contributed by atoms with Gasteiger partial charge in [0, 0.05) is 6.20 Å². The van der Waals surface area contributed by atoms with Crippen LogP contribution in [0.15, 0.2) is 83.7 Å². The van der Waals surface area contributed by atoms with Crippen molar-refractivity contribution in [3.05, 3.63) is 108 Å². The molecule has 0 aliphatic rings. The van der Waals surface area contributed by atoms with Gasteiger partial charge in [-0.15, -0.1) is 10.2 Å². The maximum Gasteiger partial charge on any atom is 0.286 e. The fraction of sp³-hybridized carbons (Fsp3) is 0.241. The standard InChI is InChI=1S/C29H28N6O3/c1-18(2)25(27(36)29-34-33-24(38-29)16-20-10-8-9-19(3)15-20)32-28(37)26(22-12-6-7-14-30-22)35-17-31-21-11-4-5-13-23(21)35/h4-15,17-18,25-26H,16H2,1-3H3,(H,32,37). The van der Waals surface area contributed by atoms with E-state index in [2.05, 4.69) is 25.5 Å². The predicted molar refractivity (Wildman–Crippen MR) is 141 cm³/mol. The van der Waals surface area contributed by atoms with Gasteiger partial charge in [-0.05, 0) is 42.7 Å². The lowest BCUT2D eigenvalue weighted by atomic mass is 9.98. The van der Waals surface area contributed by atoms with Crippen LogP contribution >= 0.6 is 0 Å². The zero-order valence-corrected chi connectivity index (χ0v) is 21.4. The van der Waals surface area contributed by atoms with Crippen LogP contribution in [-0.2, 0) is 11.2 Å². The van der Waals surface area contributed by atoms with Gasteiger partial charge in [0.15, 0.2) is 6.04 Å². The number of fused-ring (bicyclic) bond motifs is 1. The van der Waals surface area contributed by atoms with Gasteiger partial charge < -0.3 is 14.3 Å². The summed E-state index contributed by atoms with van der Waals surface area (Å²) >= 11 is 0. The summed E-state index contributed by atoms with van der Waals surface area (Å²) in [5.41, 5.74) is 4.19. The largest absolute Gasteiger partial charge is 0.418 e. The van der Waals surface area contributed by atoms with Gasteiger partial charge in [-0.1, -0.05) is 61.9 Å². The molecule has 5 rings (SSSR count). The Labute approximate surface area is 220 Å². The molecule has 2 atom stereocenters. The molecule has 0 saturated heterocycles. The van der Waals surface area contributed by atoms with Crippen molar-refractivity contribution in [3.8, 4) is 0 Å². The van der Waals surface area contributed by atoms with E-state index >= 15 is 0 Å². The quantitative estimate of drug-likeness (QED) is 0.295. The number of benzene rings is 2. The molecule has 0 fully saturated rings. The molecule has 0 spiro atoms. The summed E-state index contributed by atoms with van der Waals surface area (Å²) in [6.45, 7) is 5.72. The fourth-order valence-corrected chi connectivity index (χ4v) is 4.45. The lowest BCUT2D eigenvalue weighted by molar-refractivity contribution is -0.124. The molecule has 0 radical (unpaired) electrons. The van der Waals surface area contributed by atoms with Gasteiger partial charge in [0.2, 0.25) is 17.6 Å². The summed E-state index contributed by atoms with van der Waals surface area (Å²) in [5, 5.41) is 11.0. The minimum atomic E-state index is -0.879. The number of nitrogens with zero attached hydrogens (tertiary/aromatic N) is 5. The molecule has 1 amide bonds. The molecule has 0 aliphatic carbocycles. The van der Waals surface area contributed by atoms with Crippen LogP contribution in [0, 0.1) is 12.8 Å². The first-order valence-corrected chi connectivity index (χ1v) is 12.5. The van der Waals surface area contributed by atoms with Gasteiger partial charge in [-0.25, -0.2) is 4.98 Å². The van der Waals surface area contributed by atoms with Crippen LogP contribution < -0.4 is 5.32 Å². The maximum atomic E-state index is 13.8. The van der Waals surface area contributed by atoms with E-state index in [1.54, 1.807) is 29.2 Å². The smallest absolute Gasteiger partial charge is 0.286 e. The summed E-state index contributed by atoms with van der Waals surface area (Å²) in [4.78, 5) is 36.1. The number of hydrogen-bond acceptors (Lipinski definition) is 7. The Kier molecular flexibility index (Phi) is 7.08. The number of carbonyl (C=O) groups is 2. The molecule has 5 aromatic rings. The second-order valence-corrected chi connectivity index (χ2v) is 9.56. The van der Waals surface area contributed by atoms with Crippen LogP contribution in [-0.4, -0.2) is 42.5 Å². The Morgan fingerprint density at radius 1 is 0.974 bits per heavy atom. The topological polar surface area (TPSA) is 116 Å². The van der Waals surface area contributed by atoms with E-state index in [0.717, 1.165) is 22.2 Å². The minimum Gasteiger partial charge on any atom is -0.418 e. The second kappa shape index (κ2) is 10.8. The molecule has 38 heavy (non-hydrogen) atoms. The predicted octanol–water partition coefficient (Wildman–Crippen LogP) is 4.33. The van der Waals surface area contributed by atoms with Crippen molar-refractivity contribution >= 4 is 22.7 Å². The maximum absolute atomic E-state index is 13.8. The number of ketones is 1. The molecule has 0 aliphatic heterocycles. The number of pyridine rings is 1. The van der Waals surface area contributed by atoms with E-state index < -0.39 is 23.8 Å². The molecular formula is C29H28N6O3. The number of Topliss-reactive ketones (excluding diaryl/α,β-unsaturated/α-hetero) is 1. The third kappa shape index (κ3) is 5.22.